The molecule has 0 bridgehead atoms. The van der Waals surface area contributed by atoms with Crippen molar-refractivity contribution in [1.29, 1.82) is 0 Å². The summed E-state index contributed by atoms with van der Waals surface area (Å²) in [6.45, 7) is 13.4. The molecule has 206 valence electrons. The molecule has 0 radical (unpaired) electrons. The van der Waals surface area contributed by atoms with Gasteiger partial charge in [-0.25, -0.2) is 4.79 Å². The number of allylic oxidation sites excluding steroid dienone is 2. The molecule has 0 saturated carbocycles. The SMILES string of the molecule is CC(C)(C)OC(=O)CCc1ccc(C(=O)N2CC=C3C(C)(C)C(c4ccc(C(=O)O)cc4)=CC[C@]3(C)C2)cc1. The molecule has 0 aromatic heterocycles. The molecule has 2 aliphatic rings. The highest BCUT2D eigenvalue weighted by Gasteiger charge is 2.46. The van der Waals surface area contributed by atoms with Gasteiger partial charge in [0.2, 0.25) is 0 Å². The molecule has 1 N–H and O–H groups in total. The zero-order chi connectivity index (χ0) is 28.6. The predicted molar refractivity (Wildman–Crippen MR) is 152 cm³/mol. The van der Waals surface area contributed by atoms with E-state index in [0.29, 0.717) is 31.5 Å². The number of esters is 1. The van der Waals surface area contributed by atoms with Gasteiger partial charge in [0, 0.05) is 35.9 Å². The van der Waals surface area contributed by atoms with Crippen LogP contribution in [0.3, 0.4) is 0 Å². The molecule has 6 heteroatoms. The van der Waals surface area contributed by atoms with Gasteiger partial charge in [0.25, 0.3) is 5.91 Å². The number of hydrogen-bond acceptors (Lipinski definition) is 4. The lowest BCUT2D eigenvalue weighted by atomic mass is 9.58. The van der Waals surface area contributed by atoms with Crippen molar-refractivity contribution in [2.24, 2.45) is 10.8 Å². The highest BCUT2D eigenvalue weighted by Crippen LogP contribution is 2.55. The number of rotatable bonds is 6. The summed E-state index contributed by atoms with van der Waals surface area (Å²) in [6, 6.07) is 14.6. The number of carboxylic acids is 1. The summed E-state index contributed by atoms with van der Waals surface area (Å²) >= 11 is 0. The number of carboxylic acid groups (broad SMARTS) is 1. The normalized spacial score (nSPS) is 20.4. The molecule has 4 rings (SSSR count). The van der Waals surface area contributed by atoms with E-state index in [1.54, 1.807) is 12.1 Å². The number of nitrogens with zero attached hydrogens (tertiary/aromatic N) is 1. The molecule has 0 fully saturated rings. The van der Waals surface area contributed by atoms with E-state index in [1.807, 2.05) is 62.1 Å². The first-order valence-electron chi connectivity index (χ1n) is 13.6. The van der Waals surface area contributed by atoms with Crippen molar-refractivity contribution in [3.05, 3.63) is 88.5 Å². The first kappa shape index (κ1) is 28.3. The third-order valence-electron chi connectivity index (χ3n) is 7.78. The van der Waals surface area contributed by atoms with Crippen LogP contribution in [0.5, 0.6) is 0 Å². The molecular formula is C33H39NO5. The van der Waals surface area contributed by atoms with Crippen molar-refractivity contribution in [1.82, 2.24) is 4.90 Å². The number of benzene rings is 2. The molecule has 1 aliphatic carbocycles. The molecule has 0 saturated heterocycles. The van der Waals surface area contributed by atoms with Crippen molar-refractivity contribution >= 4 is 23.4 Å². The molecule has 1 atom stereocenters. The fraction of sp³-hybridized carbons (Fsp3) is 0.424. The Hall–Kier alpha value is -3.67. The number of carbonyl (C=O) groups excluding carboxylic acids is 2. The number of hydrogen-bond donors (Lipinski definition) is 1. The summed E-state index contributed by atoms with van der Waals surface area (Å²) in [4.78, 5) is 38.7. The Morgan fingerprint density at radius 2 is 1.54 bits per heavy atom. The maximum absolute atomic E-state index is 13.4. The van der Waals surface area contributed by atoms with Crippen LogP contribution in [0.25, 0.3) is 5.57 Å². The van der Waals surface area contributed by atoms with E-state index in [2.05, 4.69) is 32.9 Å². The van der Waals surface area contributed by atoms with Crippen LogP contribution in [0, 0.1) is 10.8 Å². The van der Waals surface area contributed by atoms with Gasteiger partial charge in [0.1, 0.15) is 5.60 Å². The third kappa shape index (κ3) is 6.16. The Balaban J connectivity index is 1.45. The summed E-state index contributed by atoms with van der Waals surface area (Å²) in [5.41, 5.74) is 4.51. The molecule has 2 aromatic carbocycles. The third-order valence-corrected chi connectivity index (χ3v) is 7.78. The van der Waals surface area contributed by atoms with Crippen molar-refractivity contribution in [2.45, 2.75) is 66.4 Å². The summed E-state index contributed by atoms with van der Waals surface area (Å²) in [5, 5.41) is 9.25. The molecule has 0 unspecified atom stereocenters. The minimum Gasteiger partial charge on any atom is -0.478 e. The number of amides is 1. The minimum atomic E-state index is -0.929. The van der Waals surface area contributed by atoms with Gasteiger partial charge >= 0.3 is 11.9 Å². The zero-order valence-corrected chi connectivity index (χ0v) is 23.8. The standard InChI is InChI=1S/C33H39NO5/c1-31(2,3)39-28(35)16-9-22-7-10-24(11-8-22)29(36)34-20-18-27-32(4,5)26(17-19-33(27,6)21-34)23-12-14-25(15-13-23)30(37)38/h7-8,10-15,17-18H,9,16,19-21H2,1-6H3,(H,37,38)/t33-/m1/s1. The van der Waals surface area contributed by atoms with Gasteiger partial charge in [-0.2, -0.15) is 0 Å². The van der Waals surface area contributed by atoms with Crippen LogP contribution in [0.1, 0.15) is 86.2 Å². The van der Waals surface area contributed by atoms with Crippen LogP contribution >= 0.6 is 0 Å². The van der Waals surface area contributed by atoms with Gasteiger partial charge < -0.3 is 14.7 Å². The first-order valence-corrected chi connectivity index (χ1v) is 13.6. The summed E-state index contributed by atoms with van der Waals surface area (Å²) in [6.07, 6.45) is 6.12. The maximum Gasteiger partial charge on any atom is 0.335 e. The lowest BCUT2D eigenvalue weighted by Crippen LogP contribution is -2.48. The van der Waals surface area contributed by atoms with Crippen LogP contribution in [0.15, 0.2) is 66.3 Å². The average molecular weight is 530 g/mol. The van der Waals surface area contributed by atoms with Crippen molar-refractivity contribution < 1.29 is 24.2 Å². The van der Waals surface area contributed by atoms with E-state index in [9.17, 15) is 19.5 Å². The second-order valence-electron chi connectivity index (χ2n) is 12.5. The first-order chi connectivity index (χ1) is 18.2. The molecule has 0 spiro atoms. The summed E-state index contributed by atoms with van der Waals surface area (Å²) < 4.78 is 5.38. The second kappa shape index (κ2) is 10.5. The lowest BCUT2D eigenvalue weighted by molar-refractivity contribution is -0.154. The highest BCUT2D eigenvalue weighted by molar-refractivity contribution is 5.94. The molecule has 1 heterocycles. The van der Waals surface area contributed by atoms with E-state index in [-0.39, 0.29) is 28.3 Å². The van der Waals surface area contributed by atoms with Gasteiger partial charge in [-0.05, 0) is 74.6 Å². The Bertz CT molecular complexity index is 1330. The molecule has 6 nitrogen and oxygen atoms in total. The van der Waals surface area contributed by atoms with Gasteiger partial charge in [-0.3, -0.25) is 9.59 Å². The lowest BCUT2D eigenvalue weighted by Gasteiger charge is -2.50. The molecule has 1 amide bonds. The van der Waals surface area contributed by atoms with Gasteiger partial charge in [0.05, 0.1) is 5.56 Å². The van der Waals surface area contributed by atoms with Crippen molar-refractivity contribution in [3.8, 4) is 0 Å². The molecule has 2 aromatic rings. The largest absolute Gasteiger partial charge is 0.478 e. The number of aryl methyl sites for hydroxylation is 1. The smallest absolute Gasteiger partial charge is 0.335 e. The van der Waals surface area contributed by atoms with Crippen molar-refractivity contribution in [2.75, 3.05) is 13.1 Å². The van der Waals surface area contributed by atoms with Crippen LogP contribution in [0.4, 0.5) is 0 Å². The fourth-order valence-electron chi connectivity index (χ4n) is 5.99. The van der Waals surface area contributed by atoms with Gasteiger partial charge in [-0.15, -0.1) is 0 Å². The second-order valence-corrected chi connectivity index (χ2v) is 12.5. The highest BCUT2D eigenvalue weighted by atomic mass is 16.6. The minimum absolute atomic E-state index is 0.00191. The summed E-state index contributed by atoms with van der Waals surface area (Å²) in [5.74, 6) is -1.15. The summed E-state index contributed by atoms with van der Waals surface area (Å²) in [7, 11) is 0. The number of fused-ring (bicyclic) bond motifs is 1. The molecule has 1 aliphatic heterocycles. The van der Waals surface area contributed by atoms with E-state index in [1.165, 1.54) is 11.1 Å². The average Bonchev–Trinajstić information content (AvgIpc) is 2.86. The van der Waals surface area contributed by atoms with Crippen molar-refractivity contribution in [3.63, 3.8) is 0 Å². The fourth-order valence-corrected chi connectivity index (χ4v) is 5.99. The van der Waals surface area contributed by atoms with E-state index < -0.39 is 11.6 Å². The number of ether oxygens (including phenoxy) is 1. The van der Waals surface area contributed by atoms with Crippen LogP contribution in [-0.2, 0) is 16.0 Å². The van der Waals surface area contributed by atoms with Crippen LogP contribution in [-0.4, -0.2) is 46.5 Å². The maximum atomic E-state index is 13.4. The Morgan fingerprint density at radius 3 is 2.13 bits per heavy atom. The predicted octanol–water partition coefficient (Wildman–Crippen LogP) is 6.56. The monoisotopic (exact) mass is 529 g/mol. The Labute approximate surface area is 231 Å². The molecular weight excluding hydrogens is 490 g/mol. The Kier molecular flexibility index (Phi) is 7.61. The Morgan fingerprint density at radius 1 is 0.923 bits per heavy atom. The zero-order valence-electron chi connectivity index (χ0n) is 23.8. The molecule has 39 heavy (non-hydrogen) atoms. The van der Waals surface area contributed by atoms with E-state index in [0.717, 1.165) is 17.5 Å². The topological polar surface area (TPSA) is 83.9 Å². The quantitative estimate of drug-likeness (QED) is 0.338. The van der Waals surface area contributed by atoms with Gasteiger partial charge in [-0.1, -0.05) is 62.8 Å². The number of carbonyl (C=O) groups is 3. The van der Waals surface area contributed by atoms with E-state index in [4.69, 9.17) is 4.74 Å². The van der Waals surface area contributed by atoms with Gasteiger partial charge in [0.15, 0.2) is 0 Å². The van der Waals surface area contributed by atoms with Crippen LogP contribution < -0.4 is 0 Å². The van der Waals surface area contributed by atoms with E-state index >= 15 is 0 Å². The van der Waals surface area contributed by atoms with Crippen LogP contribution in [0.2, 0.25) is 0 Å². The number of aromatic carboxylic acids is 1.